The molecular formula is C15H21F2N3S2. The standard InChI is InChI=1S/C15H21F2N3S2/c1-10-4-3-5-11(2)20(10)19-15(21)18-12-6-8-13(9-7-12)22-14(16)17/h6-11,14H,3-5H2,1-2H3,(H2,18,19,21)/t10-,11-/m1/s1. The average Bonchev–Trinajstić information content (AvgIpc) is 2.45. The van der Waals surface area contributed by atoms with Crippen LogP contribution in [0.2, 0.25) is 0 Å². The van der Waals surface area contributed by atoms with Gasteiger partial charge in [0.25, 0.3) is 5.76 Å². The molecular weight excluding hydrogens is 324 g/mol. The van der Waals surface area contributed by atoms with Gasteiger partial charge in [-0.2, -0.15) is 8.78 Å². The number of rotatable bonds is 4. The van der Waals surface area contributed by atoms with Gasteiger partial charge in [0.2, 0.25) is 0 Å². The molecule has 1 aliphatic rings. The van der Waals surface area contributed by atoms with Crippen molar-refractivity contribution in [2.75, 3.05) is 5.32 Å². The molecule has 1 saturated heterocycles. The van der Waals surface area contributed by atoms with Crippen LogP contribution in [0.15, 0.2) is 29.2 Å². The zero-order valence-electron chi connectivity index (χ0n) is 12.7. The summed E-state index contributed by atoms with van der Waals surface area (Å²) in [4.78, 5) is 0.540. The lowest BCUT2D eigenvalue weighted by atomic mass is 10.00. The summed E-state index contributed by atoms with van der Waals surface area (Å²) in [6.07, 6.45) is 3.54. The number of hydrogen-bond donors (Lipinski definition) is 2. The fourth-order valence-corrected chi connectivity index (χ4v) is 3.36. The van der Waals surface area contributed by atoms with Gasteiger partial charge in [0.05, 0.1) is 0 Å². The number of hydrazine groups is 1. The molecule has 1 aliphatic heterocycles. The van der Waals surface area contributed by atoms with Crippen LogP contribution in [-0.2, 0) is 0 Å². The van der Waals surface area contributed by atoms with E-state index in [0.29, 0.717) is 33.9 Å². The lowest BCUT2D eigenvalue weighted by molar-refractivity contribution is 0.0750. The third kappa shape index (κ3) is 5.07. The summed E-state index contributed by atoms with van der Waals surface area (Å²) in [5, 5.41) is 5.80. The molecule has 2 atom stereocenters. The Morgan fingerprint density at radius 2 is 1.82 bits per heavy atom. The summed E-state index contributed by atoms with van der Waals surface area (Å²) >= 11 is 5.87. The van der Waals surface area contributed by atoms with Crippen LogP contribution in [0.3, 0.4) is 0 Å². The molecule has 3 nitrogen and oxygen atoms in total. The molecule has 2 rings (SSSR count). The second-order valence-electron chi connectivity index (χ2n) is 5.51. The third-order valence-electron chi connectivity index (χ3n) is 3.76. The van der Waals surface area contributed by atoms with Gasteiger partial charge in [0.15, 0.2) is 5.11 Å². The topological polar surface area (TPSA) is 27.3 Å². The Balaban J connectivity index is 1.88. The maximum absolute atomic E-state index is 12.3. The quantitative estimate of drug-likeness (QED) is 0.620. The van der Waals surface area contributed by atoms with Crippen molar-refractivity contribution in [2.45, 2.75) is 55.8 Å². The lowest BCUT2D eigenvalue weighted by Crippen LogP contribution is -2.55. The molecule has 0 bridgehead atoms. The van der Waals surface area contributed by atoms with Crippen LogP contribution in [0, 0.1) is 0 Å². The summed E-state index contributed by atoms with van der Waals surface area (Å²) in [6, 6.07) is 7.70. The molecule has 1 heterocycles. The number of nitrogens with one attached hydrogen (secondary N) is 2. The molecule has 0 spiro atoms. The molecule has 0 saturated carbocycles. The van der Waals surface area contributed by atoms with Crippen molar-refractivity contribution in [1.29, 1.82) is 0 Å². The summed E-state index contributed by atoms with van der Waals surface area (Å²) in [6.45, 7) is 4.36. The van der Waals surface area contributed by atoms with Crippen molar-refractivity contribution in [3.63, 3.8) is 0 Å². The minimum Gasteiger partial charge on any atom is -0.332 e. The largest absolute Gasteiger partial charge is 0.332 e. The molecule has 0 radical (unpaired) electrons. The van der Waals surface area contributed by atoms with E-state index in [9.17, 15) is 8.78 Å². The van der Waals surface area contributed by atoms with Crippen molar-refractivity contribution in [2.24, 2.45) is 0 Å². The van der Waals surface area contributed by atoms with Gasteiger partial charge in [-0.25, -0.2) is 5.01 Å². The van der Waals surface area contributed by atoms with Gasteiger partial charge in [-0.15, -0.1) is 0 Å². The van der Waals surface area contributed by atoms with E-state index in [-0.39, 0.29) is 0 Å². The molecule has 2 N–H and O–H groups in total. The van der Waals surface area contributed by atoms with Crippen molar-refractivity contribution in [3.8, 4) is 0 Å². The molecule has 7 heteroatoms. The number of nitrogens with zero attached hydrogens (tertiary/aromatic N) is 1. The SMILES string of the molecule is C[C@@H]1CCC[C@@H](C)N1NC(=S)Nc1ccc(SC(F)F)cc1. The Morgan fingerprint density at radius 1 is 1.23 bits per heavy atom. The number of alkyl halides is 2. The van der Waals surface area contributed by atoms with Crippen LogP contribution >= 0.6 is 24.0 Å². The van der Waals surface area contributed by atoms with E-state index in [1.807, 2.05) is 0 Å². The number of piperidine rings is 1. The highest BCUT2D eigenvalue weighted by Crippen LogP contribution is 2.26. The third-order valence-corrected chi connectivity index (χ3v) is 4.68. The average molecular weight is 345 g/mol. The van der Waals surface area contributed by atoms with Gasteiger partial charge in [0.1, 0.15) is 0 Å². The van der Waals surface area contributed by atoms with Crippen LogP contribution in [-0.4, -0.2) is 28.0 Å². The number of benzene rings is 1. The smallest absolute Gasteiger partial charge is 0.288 e. The minimum absolute atomic E-state index is 0.438. The predicted octanol–water partition coefficient (Wildman–Crippen LogP) is 4.47. The van der Waals surface area contributed by atoms with Gasteiger partial charge < -0.3 is 5.32 Å². The van der Waals surface area contributed by atoms with Gasteiger partial charge in [-0.3, -0.25) is 5.43 Å². The van der Waals surface area contributed by atoms with E-state index in [1.165, 1.54) is 6.42 Å². The first-order chi connectivity index (χ1) is 10.5. The van der Waals surface area contributed by atoms with E-state index < -0.39 is 5.76 Å². The zero-order chi connectivity index (χ0) is 16.1. The normalized spacial score (nSPS) is 22.6. The highest BCUT2D eigenvalue weighted by atomic mass is 32.2. The summed E-state index contributed by atoms with van der Waals surface area (Å²) in [5.74, 6) is -2.40. The maximum Gasteiger partial charge on any atom is 0.288 e. The second-order valence-corrected chi connectivity index (χ2v) is 6.98. The van der Waals surface area contributed by atoms with Crippen LogP contribution in [0.1, 0.15) is 33.1 Å². The molecule has 0 aromatic heterocycles. The van der Waals surface area contributed by atoms with Crippen LogP contribution < -0.4 is 10.7 Å². The number of thiocarbonyl (C=S) groups is 1. The van der Waals surface area contributed by atoms with Gasteiger partial charge >= 0.3 is 0 Å². The van der Waals surface area contributed by atoms with E-state index >= 15 is 0 Å². The molecule has 22 heavy (non-hydrogen) atoms. The van der Waals surface area contributed by atoms with Crippen molar-refractivity contribution in [1.82, 2.24) is 10.4 Å². The van der Waals surface area contributed by atoms with Crippen molar-refractivity contribution < 1.29 is 8.78 Å². The molecule has 1 fully saturated rings. The Morgan fingerprint density at radius 3 is 2.36 bits per heavy atom. The lowest BCUT2D eigenvalue weighted by Gasteiger charge is -2.39. The summed E-state index contributed by atoms with van der Waals surface area (Å²) in [7, 11) is 0. The molecule has 0 aliphatic carbocycles. The fraction of sp³-hybridized carbons (Fsp3) is 0.533. The maximum atomic E-state index is 12.3. The van der Waals surface area contributed by atoms with Gasteiger partial charge in [-0.05, 0) is 63.2 Å². The Kier molecular flexibility index (Phi) is 6.40. The molecule has 122 valence electrons. The van der Waals surface area contributed by atoms with E-state index in [2.05, 4.69) is 29.6 Å². The van der Waals surface area contributed by atoms with E-state index in [4.69, 9.17) is 12.2 Å². The highest BCUT2D eigenvalue weighted by Gasteiger charge is 2.25. The highest BCUT2D eigenvalue weighted by molar-refractivity contribution is 7.99. The zero-order valence-corrected chi connectivity index (χ0v) is 14.3. The number of thioether (sulfide) groups is 1. The number of hydrogen-bond acceptors (Lipinski definition) is 3. The van der Waals surface area contributed by atoms with Crippen molar-refractivity contribution >= 4 is 34.8 Å². The van der Waals surface area contributed by atoms with Crippen LogP contribution in [0.5, 0.6) is 0 Å². The first kappa shape index (κ1) is 17.4. The first-order valence-corrected chi connectivity index (χ1v) is 8.65. The summed E-state index contributed by atoms with van der Waals surface area (Å²) < 4.78 is 24.6. The Hall–Kier alpha value is -0.920. The predicted molar refractivity (Wildman–Crippen MR) is 92.3 cm³/mol. The van der Waals surface area contributed by atoms with Crippen molar-refractivity contribution in [3.05, 3.63) is 24.3 Å². The van der Waals surface area contributed by atoms with Gasteiger partial charge in [-0.1, -0.05) is 18.2 Å². The van der Waals surface area contributed by atoms with Crippen LogP contribution in [0.25, 0.3) is 0 Å². The monoisotopic (exact) mass is 345 g/mol. The van der Waals surface area contributed by atoms with E-state index in [0.717, 1.165) is 18.5 Å². The number of halogens is 2. The first-order valence-electron chi connectivity index (χ1n) is 7.36. The molecule has 0 amide bonds. The number of anilines is 1. The van der Waals surface area contributed by atoms with Gasteiger partial charge in [0, 0.05) is 22.7 Å². The Labute approximate surface area is 139 Å². The molecule has 0 unspecified atom stereocenters. The summed E-state index contributed by atoms with van der Waals surface area (Å²) in [5.41, 5.74) is 4.03. The van der Waals surface area contributed by atoms with Crippen LogP contribution in [0.4, 0.5) is 14.5 Å². The fourth-order valence-electron chi connectivity index (χ4n) is 2.64. The van der Waals surface area contributed by atoms with E-state index in [1.54, 1.807) is 24.3 Å². The second kappa shape index (κ2) is 8.08. The Bertz CT molecular complexity index is 486. The minimum atomic E-state index is -2.40. The molecule has 1 aromatic carbocycles. The molecule has 1 aromatic rings.